The van der Waals surface area contributed by atoms with E-state index >= 15 is 0 Å². The molecule has 1 aliphatic carbocycles. The third-order valence-corrected chi connectivity index (χ3v) is 7.30. The van der Waals surface area contributed by atoms with Crippen molar-refractivity contribution in [3.63, 3.8) is 0 Å². The minimum absolute atomic E-state index is 0.179. The maximum absolute atomic E-state index is 12.7. The summed E-state index contributed by atoms with van der Waals surface area (Å²) in [6.07, 6.45) is 7.06. The van der Waals surface area contributed by atoms with Gasteiger partial charge in [-0.25, -0.2) is 19.3 Å². The summed E-state index contributed by atoms with van der Waals surface area (Å²) in [7, 11) is 3.74. The first-order chi connectivity index (χ1) is 18.7. The highest BCUT2D eigenvalue weighted by Crippen LogP contribution is 2.50. The van der Waals surface area contributed by atoms with Gasteiger partial charge in [-0.15, -0.1) is 0 Å². The summed E-state index contributed by atoms with van der Waals surface area (Å²) in [5.74, 6) is -0.488. The van der Waals surface area contributed by atoms with Crippen LogP contribution in [0.3, 0.4) is 0 Å². The number of nitriles is 1. The summed E-state index contributed by atoms with van der Waals surface area (Å²) in [6, 6.07) is 5.90. The van der Waals surface area contributed by atoms with Gasteiger partial charge in [-0.2, -0.15) is 10.4 Å². The van der Waals surface area contributed by atoms with Gasteiger partial charge in [0, 0.05) is 14.1 Å². The molecule has 2 aliphatic heterocycles. The number of carbonyl (C=O) groups excluding carboxylic acids is 1. The largest absolute Gasteiger partial charge is 0.508 e. The number of hydrogen-bond acceptors (Lipinski definition) is 10. The van der Waals surface area contributed by atoms with Gasteiger partial charge in [-0.3, -0.25) is 0 Å². The first-order valence-electron chi connectivity index (χ1n) is 13.5. The van der Waals surface area contributed by atoms with E-state index < -0.39 is 35.9 Å². The molecular weight excluding hydrogens is 504 g/mol. The summed E-state index contributed by atoms with van der Waals surface area (Å²) in [4.78, 5) is 23.2. The molecule has 0 radical (unpaired) electrons. The predicted octanol–water partition coefficient (Wildman–Crippen LogP) is 4.07. The molecule has 2 aromatic heterocycles. The minimum atomic E-state index is -1.61. The molecule has 1 saturated carbocycles. The van der Waals surface area contributed by atoms with E-state index in [0.29, 0.717) is 17.0 Å². The Morgan fingerprint density at radius 2 is 1.95 bits per heavy atom. The van der Waals surface area contributed by atoms with Crippen molar-refractivity contribution in [1.82, 2.24) is 19.5 Å². The van der Waals surface area contributed by atoms with E-state index in [2.05, 4.69) is 21.1 Å². The summed E-state index contributed by atoms with van der Waals surface area (Å²) in [6.45, 7) is 3.20. The standard InChI is InChI=1S/C27H36N6O6/c1-26(2)37-22-21(19-12-13-20-24(30-17-32(3)4)29-16-31-33(19)20)38-27(14-28,23(22)39-26)15-35-25(34)36-18-10-8-6-5-7-9-11-18/h12-13,16-18,21-23H,5-11,15H2,1-4H3/t21-,22?,23?,27+/m0/s1. The zero-order valence-corrected chi connectivity index (χ0v) is 22.9. The topological polar surface area (TPSA) is 133 Å². The average molecular weight is 541 g/mol. The third kappa shape index (κ3) is 5.71. The number of nitrogens with zero attached hydrogens (tertiary/aromatic N) is 6. The van der Waals surface area contributed by atoms with Crippen molar-refractivity contribution in [2.45, 2.75) is 94.6 Å². The lowest BCUT2D eigenvalue weighted by Crippen LogP contribution is -2.46. The molecule has 2 unspecified atom stereocenters. The van der Waals surface area contributed by atoms with E-state index in [9.17, 15) is 10.1 Å². The fourth-order valence-corrected chi connectivity index (χ4v) is 5.50. The molecule has 0 amide bonds. The maximum atomic E-state index is 12.7. The van der Waals surface area contributed by atoms with Gasteiger partial charge in [0.15, 0.2) is 11.6 Å². The van der Waals surface area contributed by atoms with Gasteiger partial charge in [0.2, 0.25) is 5.60 Å². The first kappa shape index (κ1) is 27.3. The number of aliphatic imine (C=N–C) groups is 1. The van der Waals surface area contributed by atoms with Crippen molar-refractivity contribution in [3.05, 3.63) is 24.2 Å². The number of hydrogen-bond donors (Lipinski definition) is 0. The van der Waals surface area contributed by atoms with Crippen LogP contribution in [-0.4, -0.2) is 82.4 Å². The van der Waals surface area contributed by atoms with Gasteiger partial charge in [0.25, 0.3) is 0 Å². The summed E-state index contributed by atoms with van der Waals surface area (Å²) >= 11 is 0. The molecule has 4 atom stereocenters. The lowest BCUT2D eigenvalue weighted by atomic mass is 9.96. The average Bonchev–Trinajstić information content (AvgIpc) is 3.53. The molecule has 0 N–H and O–H groups in total. The van der Waals surface area contributed by atoms with Crippen LogP contribution in [0.5, 0.6) is 0 Å². The predicted molar refractivity (Wildman–Crippen MR) is 139 cm³/mol. The quantitative estimate of drug-likeness (QED) is 0.300. The van der Waals surface area contributed by atoms with Crippen LogP contribution in [0, 0.1) is 11.3 Å². The van der Waals surface area contributed by atoms with Crippen molar-refractivity contribution in [2.75, 3.05) is 20.7 Å². The Kier molecular flexibility index (Phi) is 7.75. The van der Waals surface area contributed by atoms with Crippen molar-refractivity contribution in [3.8, 4) is 6.07 Å². The Labute approximate surface area is 227 Å². The molecule has 2 aromatic rings. The molecule has 0 bridgehead atoms. The Morgan fingerprint density at radius 1 is 1.21 bits per heavy atom. The lowest BCUT2D eigenvalue weighted by Gasteiger charge is -2.29. The van der Waals surface area contributed by atoms with Crippen molar-refractivity contribution in [1.29, 1.82) is 5.26 Å². The van der Waals surface area contributed by atoms with Gasteiger partial charge in [-0.05, 0) is 51.7 Å². The van der Waals surface area contributed by atoms with E-state index in [0.717, 1.165) is 38.5 Å². The fraction of sp³-hybridized carbons (Fsp3) is 0.667. The number of rotatable bonds is 6. The van der Waals surface area contributed by atoms with E-state index in [1.165, 1.54) is 12.7 Å². The molecule has 39 heavy (non-hydrogen) atoms. The smallest absolute Gasteiger partial charge is 0.431 e. The van der Waals surface area contributed by atoms with Gasteiger partial charge in [0.1, 0.15) is 48.9 Å². The lowest BCUT2D eigenvalue weighted by molar-refractivity contribution is -0.206. The zero-order valence-electron chi connectivity index (χ0n) is 22.9. The monoisotopic (exact) mass is 540 g/mol. The summed E-state index contributed by atoms with van der Waals surface area (Å²) in [5.41, 5.74) is -0.303. The Balaban J connectivity index is 1.37. The van der Waals surface area contributed by atoms with Gasteiger partial charge in [-0.1, -0.05) is 19.3 Å². The molecule has 2 saturated heterocycles. The molecule has 210 valence electrons. The number of fused-ring (bicyclic) bond motifs is 2. The van der Waals surface area contributed by atoms with Crippen LogP contribution in [-0.2, 0) is 23.7 Å². The van der Waals surface area contributed by atoms with Crippen LogP contribution in [0.2, 0.25) is 0 Å². The maximum Gasteiger partial charge on any atom is 0.508 e. The second-order valence-corrected chi connectivity index (χ2v) is 11.0. The number of aromatic nitrogens is 3. The second-order valence-electron chi connectivity index (χ2n) is 11.0. The SMILES string of the molecule is CN(C)C=Nc1ncnn2c([C@@H]3O[C@](C#N)(COC(=O)OC4CCCCCCC4)C4OC(C)(C)OC43)ccc12. The molecule has 4 heterocycles. The normalized spacial score (nSPS) is 29.1. The second kappa shape index (κ2) is 11.1. The van der Waals surface area contributed by atoms with E-state index in [4.69, 9.17) is 23.7 Å². The minimum Gasteiger partial charge on any atom is -0.431 e. The van der Waals surface area contributed by atoms with Crippen molar-refractivity contribution in [2.24, 2.45) is 4.99 Å². The highest BCUT2D eigenvalue weighted by Gasteiger charge is 2.65. The summed E-state index contributed by atoms with van der Waals surface area (Å²) < 4.78 is 31.5. The number of carbonyl (C=O) groups is 1. The Morgan fingerprint density at radius 3 is 2.67 bits per heavy atom. The molecule has 3 aliphatic rings. The zero-order chi connectivity index (χ0) is 27.6. The fourth-order valence-electron chi connectivity index (χ4n) is 5.50. The molecule has 5 rings (SSSR count). The van der Waals surface area contributed by atoms with E-state index in [1.54, 1.807) is 24.7 Å². The molecule has 12 nitrogen and oxygen atoms in total. The van der Waals surface area contributed by atoms with Crippen LogP contribution < -0.4 is 0 Å². The highest BCUT2D eigenvalue weighted by molar-refractivity contribution is 5.71. The van der Waals surface area contributed by atoms with Crippen molar-refractivity contribution >= 4 is 23.8 Å². The van der Waals surface area contributed by atoms with Gasteiger partial charge in [0.05, 0.1) is 12.0 Å². The van der Waals surface area contributed by atoms with Gasteiger partial charge < -0.3 is 28.6 Å². The molecule has 3 fully saturated rings. The first-order valence-corrected chi connectivity index (χ1v) is 13.5. The van der Waals surface area contributed by atoms with Crippen LogP contribution in [0.1, 0.15) is 70.6 Å². The van der Waals surface area contributed by atoms with E-state index in [1.807, 2.05) is 31.1 Å². The Bertz CT molecular complexity index is 1250. The van der Waals surface area contributed by atoms with E-state index in [-0.39, 0.29) is 12.7 Å². The van der Waals surface area contributed by atoms with Crippen molar-refractivity contribution < 1.29 is 28.5 Å². The third-order valence-electron chi connectivity index (χ3n) is 7.30. The molecular formula is C27H36N6O6. The van der Waals surface area contributed by atoms with Crippen LogP contribution in [0.25, 0.3) is 5.52 Å². The molecule has 12 heteroatoms. The van der Waals surface area contributed by atoms with Crippen LogP contribution in [0.4, 0.5) is 10.6 Å². The summed E-state index contributed by atoms with van der Waals surface area (Å²) in [5, 5.41) is 14.7. The Hall–Kier alpha value is -3.27. The molecule has 0 spiro atoms. The van der Waals surface area contributed by atoms with Crippen LogP contribution in [0.15, 0.2) is 23.5 Å². The molecule has 0 aromatic carbocycles. The van der Waals surface area contributed by atoms with Crippen LogP contribution >= 0.6 is 0 Å². The van der Waals surface area contributed by atoms with Gasteiger partial charge >= 0.3 is 6.16 Å². The number of ether oxygens (including phenoxy) is 5. The highest BCUT2D eigenvalue weighted by atomic mass is 16.8.